The molecule has 1 aromatic heterocycles. The van der Waals surface area contributed by atoms with Crippen molar-refractivity contribution in [3.05, 3.63) is 29.4 Å². The minimum Gasteiger partial charge on any atom is -0.496 e. The molecule has 0 spiro atoms. The van der Waals surface area contributed by atoms with Crippen LogP contribution in [0.4, 0.5) is 13.2 Å². The van der Waals surface area contributed by atoms with Crippen molar-refractivity contribution in [2.24, 2.45) is 0 Å². The van der Waals surface area contributed by atoms with Crippen LogP contribution in [0.2, 0.25) is 5.02 Å². The highest BCUT2D eigenvalue weighted by molar-refractivity contribution is 6.31. The zero-order chi connectivity index (χ0) is 13.5. The van der Waals surface area contributed by atoms with Crippen LogP contribution in [0, 0.1) is 0 Å². The van der Waals surface area contributed by atoms with Crippen LogP contribution in [0.1, 0.15) is 4.79 Å². The van der Waals surface area contributed by atoms with Crippen molar-refractivity contribution in [3.63, 3.8) is 0 Å². The first kappa shape index (κ1) is 12.8. The first-order valence-corrected chi connectivity index (χ1v) is 5.18. The maximum atomic E-state index is 12.4. The Bertz CT molecular complexity index is 619. The molecule has 0 saturated heterocycles. The van der Waals surface area contributed by atoms with E-state index in [0.717, 1.165) is 6.20 Å². The van der Waals surface area contributed by atoms with Crippen molar-refractivity contribution in [1.29, 1.82) is 0 Å². The van der Waals surface area contributed by atoms with E-state index in [9.17, 15) is 18.0 Å². The summed E-state index contributed by atoms with van der Waals surface area (Å²) in [6, 6.07) is 4.11. The van der Waals surface area contributed by atoms with Gasteiger partial charge in [0.1, 0.15) is 5.75 Å². The summed E-state index contributed by atoms with van der Waals surface area (Å²) < 4.78 is 42.7. The van der Waals surface area contributed by atoms with Gasteiger partial charge in [-0.15, -0.1) is 0 Å². The number of rotatable bonds is 1. The summed E-state index contributed by atoms with van der Waals surface area (Å²) in [6.45, 7) is 0. The highest BCUT2D eigenvalue weighted by Gasteiger charge is 2.40. The third-order valence-corrected chi connectivity index (χ3v) is 2.63. The first-order valence-electron chi connectivity index (χ1n) is 4.80. The quantitative estimate of drug-likeness (QED) is 0.799. The molecule has 2 rings (SSSR count). The first-order chi connectivity index (χ1) is 8.34. The summed E-state index contributed by atoms with van der Waals surface area (Å²) in [5.74, 6) is -1.66. The monoisotopic (exact) mass is 277 g/mol. The fraction of sp³-hybridized carbons (Fsp3) is 0.182. The maximum Gasteiger partial charge on any atom is 0.472 e. The van der Waals surface area contributed by atoms with Crippen LogP contribution < -0.4 is 4.74 Å². The van der Waals surface area contributed by atoms with Gasteiger partial charge in [0.15, 0.2) is 0 Å². The van der Waals surface area contributed by atoms with Crippen molar-refractivity contribution < 1.29 is 22.7 Å². The molecule has 0 aliphatic carbocycles. The molecule has 0 amide bonds. The Kier molecular flexibility index (Phi) is 2.98. The highest BCUT2D eigenvalue weighted by Crippen LogP contribution is 2.32. The lowest BCUT2D eigenvalue weighted by atomic mass is 10.2. The van der Waals surface area contributed by atoms with Gasteiger partial charge in [0.2, 0.25) is 0 Å². The van der Waals surface area contributed by atoms with E-state index in [1.807, 2.05) is 0 Å². The smallest absolute Gasteiger partial charge is 0.472 e. The number of alkyl halides is 3. The van der Waals surface area contributed by atoms with Gasteiger partial charge in [-0.2, -0.15) is 13.2 Å². The number of methoxy groups -OCH3 is 1. The average molecular weight is 278 g/mol. The molecule has 0 aliphatic rings. The Balaban J connectivity index is 2.68. The Labute approximate surface area is 105 Å². The second-order valence-electron chi connectivity index (χ2n) is 3.53. The predicted molar refractivity (Wildman–Crippen MR) is 60.2 cm³/mol. The van der Waals surface area contributed by atoms with E-state index in [1.54, 1.807) is 0 Å². The highest BCUT2D eigenvalue weighted by atomic mass is 35.5. The maximum absolute atomic E-state index is 12.4. The minimum absolute atomic E-state index is 0.0571. The van der Waals surface area contributed by atoms with Crippen LogP contribution in [0.15, 0.2) is 24.4 Å². The number of hydrogen-bond acceptors (Lipinski definition) is 2. The van der Waals surface area contributed by atoms with Crippen LogP contribution in [-0.2, 0) is 0 Å². The molecule has 0 N–H and O–H groups in total. The summed E-state index contributed by atoms with van der Waals surface area (Å²) in [5, 5.41) is 0.578. The van der Waals surface area contributed by atoms with Crippen LogP contribution in [0.5, 0.6) is 5.75 Å². The zero-order valence-corrected chi connectivity index (χ0v) is 9.84. The molecule has 0 aliphatic heterocycles. The summed E-state index contributed by atoms with van der Waals surface area (Å²) >= 11 is 5.76. The lowest BCUT2D eigenvalue weighted by Gasteiger charge is -2.08. The lowest BCUT2D eigenvalue weighted by molar-refractivity contribution is -0.0942. The fourth-order valence-electron chi connectivity index (χ4n) is 1.66. The Morgan fingerprint density at radius 2 is 2.06 bits per heavy atom. The third kappa shape index (κ3) is 2.03. The summed E-state index contributed by atoms with van der Waals surface area (Å²) in [4.78, 5) is 11.2. The van der Waals surface area contributed by atoms with Gasteiger partial charge < -0.3 is 4.74 Å². The molecule has 0 atom stereocenters. The molecule has 0 saturated carbocycles. The number of fused-ring (bicyclic) bond motifs is 1. The molecule has 1 heterocycles. The summed E-state index contributed by atoms with van der Waals surface area (Å²) in [6.07, 6.45) is -3.90. The molecule has 18 heavy (non-hydrogen) atoms. The van der Waals surface area contributed by atoms with Gasteiger partial charge in [0.05, 0.1) is 12.6 Å². The van der Waals surface area contributed by atoms with Gasteiger partial charge >= 0.3 is 12.1 Å². The third-order valence-electron chi connectivity index (χ3n) is 2.42. The number of carbonyl (C=O) groups is 1. The van der Waals surface area contributed by atoms with E-state index in [0.29, 0.717) is 15.7 Å². The molecule has 96 valence electrons. The Morgan fingerprint density at radius 3 is 2.61 bits per heavy atom. The number of benzene rings is 1. The fourth-order valence-corrected chi connectivity index (χ4v) is 1.86. The van der Waals surface area contributed by atoms with E-state index in [-0.39, 0.29) is 10.5 Å². The molecule has 0 fully saturated rings. The molecule has 7 heteroatoms. The number of ether oxygens (including phenoxy) is 1. The molecule has 0 radical (unpaired) electrons. The summed E-state index contributed by atoms with van der Waals surface area (Å²) in [5.41, 5.74) is 0.0571. The van der Waals surface area contributed by atoms with Crippen molar-refractivity contribution in [2.45, 2.75) is 6.18 Å². The van der Waals surface area contributed by atoms with Crippen LogP contribution in [-0.4, -0.2) is 23.8 Å². The Morgan fingerprint density at radius 1 is 1.39 bits per heavy atom. The van der Waals surface area contributed by atoms with Gasteiger partial charge in [0.25, 0.3) is 0 Å². The number of hydrogen-bond donors (Lipinski definition) is 0. The average Bonchev–Trinajstić information content (AvgIpc) is 2.68. The molecule has 2 aromatic rings. The van der Waals surface area contributed by atoms with Crippen molar-refractivity contribution in [2.75, 3.05) is 7.11 Å². The number of halogens is 4. The summed E-state index contributed by atoms with van der Waals surface area (Å²) in [7, 11) is 1.37. The van der Waals surface area contributed by atoms with E-state index in [4.69, 9.17) is 16.3 Å². The topological polar surface area (TPSA) is 31.2 Å². The van der Waals surface area contributed by atoms with Crippen LogP contribution in [0.25, 0.3) is 10.9 Å². The van der Waals surface area contributed by atoms with E-state index in [2.05, 4.69) is 0 Å². The van der Waals surface area contributed by atoms with Gasteiger partial charge in [-0.3, -0.25) is 9.36 Å². The van der Waals surface area contributed by atoms with Gasteiger partial charge in [-0.05, 0) is 18.2 Å². The number of carbonyl (C=O) groups excluding carboxylic acids is 1. The Hall–Kier alpha value is -1.69. The van der Waals surface area contributed by atoms with Crippen molar-refractivity contribution in [1.82, 2.24) is 4.57 Å². The number of aromatic nitrogens is 1. The molecule has 3 nitrogen and oxygen atoms in total. The molecule has 0 unspecified atom stereocenters. The molecule has 0 bridgehead atoms. The normalized spacial score (nSPS) is 11.8. The second-order valence-corrected chi connectivity index (χ2v) is 3.97. The number of nitrogens with zero attached hydrogens (tertiary/aromatic N) is 1. The molecule has 1 aromatic carbocycles. The standard InChI is InChI=1S/C11H7ClF3NO2/c1-18-9-5-6(12)4-8-7(9)2-3-16(8)10(17)11(13,14)15/h2-5H,1H3. The van der Waals surface area contributed by atoms with Gasteiger partial charge in [0, 0.05) is 16.6 Å². The van der Waals surface area contributed by atoms with Crippen molar-refractivity contribution >= 4 is 28.4 Å². The van der Waals surface area contributed by atoms with Crippen LogP contribution in [0.3, 0.4) is 0 Å². The van der Waals surface area contributed by atoms with Gasteiger partial charge in [-0.1, -0.05) is 11.6 Å². The lowest BCUT2D eigenvalue weighted by Crippen LogP contribution is -2.28. The van der Waals surface area contributed by atoms with E-state index < -0.39 is 12.1 Å². The van der Waals surface area contributed by atoms with Crippen molar-refractivity contribution in [3.8, 4) is 5.75 Å². The van der Waals surface area contributed by atoms with Gasteiger partial charge in [-0.25, -0.2) is 0 Å². The zero-order valence-electron chi connectivity index (χ0n) is 9.08. The van der Waals surface area contributed by atoms with E-state index >= 15 is 0 Å². The van der Waals surface area contributed by atoms with E-state index in [1.165, 1.54) is 25.3 Å². The van der Waals surface area contributed by atoms with Crippen LogP contribution >= 0.6 is 11.6 Å². The second kappa shape index (κ2) is 4.20. The minimum atomic E-state index is -4.94. The molecular weight excluding hydrogens is 271 g/mol. The molecular formula is C11H7ClF3NO2. The SMILES string of the molecule is COc1cc(Cl)cc2c1ccn2C(=O)C(F)(F)F. The predicted octanol–water partition coefficient (Wildman–Crippen LogP) is 3.51. The largest absolute Gasteiger partial charge is 0.496 e.